The molecule has 0 aromatic carbocycles. The van der Waals surface area contributed by atoms with Gasteiger partial charge in [-0.25, -0.2) is 0 Å². The Kier molecular flexibility index (Phi) is 3.29. The standard InChI is InChI=1S/C12H18N2O2/c1-13-9-5-4-8-14(12(9)15)10-6-3-7-11(10)16-2/h4-5,8,10-11,13H,3,6-7H2,1-2H3/t10-,11-/m1/s1. The Hall–Kier alpha value is -1.29. The number of hydrogen-bond acceptors (Lipinski definition) is 3. The van der Waals surface area contributed by atoms with Gasteiger partial charge in [-0.05, 0) is 31.4 Å². The van der Waals surface area contributed by atoms with Crippen molar-refractivity contribution in [3.8, 4) is 0 Å². The van der Waals surface area contributed by atoms with Crippen LogP contribution in [0.25, 0.3) is 0 Å². The first-order chi connectivity index (χ1) is 7.77. The number of anilines is 1. The van der Waals surface area contributed by atoms with E-state index in [9.17, 15) is 4.79 Å². The number of nitrogens with one attached hydrogen (secondary N) is 1. The molecule has 0 bridgehead atoms. The maximum absolute atomic E-state index is 12.1. The highest BCUT2D eigenvalue weighted by Crippen LogP contribution is 2.31. The van der Waals surface area contributed by atoms with Crippen molar-refractivity contribution in [2.24, 2.45) is 0 Å². The maximum Gasteiger partial charge on any atom is 0.274 e. The summed E-state index contributed by atoms with van der Waals surface area (Å²) in [7, 11) is 3.49. The molecule has 2 rings (SSSR count). The largest absolute Gasteiger partial charge is 0.384 e. The Labute approximate surface area is 95.2 Å². The van der Waals surface area contributed by atoms with E-state index >= 15 is 0 Å². The third-order valence-corrected chi connectivity index (χ3v) is 3.32. The van der Waals surface area contributed by atoms with E-state index in [1.807, 2.05) is 12.3 Å². The van der Waals surface area contributed by atoms with Gasteiger partial charge in [-0.2, -0.15) is 0 Å². The zero-order chi connectivity index (χ0) is 11.5. The molecule has 1 fully saturated rings. The minimum absolute atomic E-state index is 0.0407. The fraction of sp³-hybridized carbons (Fsp3) is 0.583. The highest BCUT2D eigenvalue weighted by Gasteiger charge is 2.29. The molecule has 88 valence electrons. The molecule has 1 aliphatic rings. The van der Waals surface area contributed by atoms with E-state index in [-0.39, 0.29) is 17.7 Å². The molecule has 1 saturated carbocycles. The van der Waals surface area contributed by atoms with E-state index < -0.39 is 0 Å². The number of rotatable bonds is 3. The number of aromatic nitrogens is 1. The van der Waals surface area contributed by atoms with E-state index in [4.69, 9.17) is 4.74 Å². The van der Waals surface area contributed by atoms with Crippen LogP contribution in [-0.2, 0) is 4.74 Å². The smallest absolute Gasteiger partial charge is 0.274 e. The van der Waals surface area contributed by atoms with Gasteiger partial charge >= 0.3 is 0 Å². The minimum atomic E-state index is 0.0407. The Morgan fingerprint density at radius 2 is 2.31 bits per heavy atom. The number of nitrogens with zero attached hydrogens (tertiary/aromatic N) is 1. The Morgan fingerprint density at radius 1 is 1.50 bits per heavy atom. The number of methoxy groups -OCH3 is 1. The normalized spacial score (nSPS) is 24.6. The van der Waals surface area contributed by atoms with Crippen LogP contribution in [-0.4, -0.2) is 24.8 Å². The second-order valence-corrected chi connectivity index (χ2v) is 4.16. The van der Waals surface area contributed by atoms with Crippen molar-refractivity contribution < 1.29 is 4.74 Å². The van der Waals surface area contributed by atoms with Gasteiger partial charge in [0, 0.05) is 20.4 Å². The maximum atomic E-state index is 12.1. The summed E-state index contributed by atoms with van der Waals surface area (Å²) in [6.45, 7) is 0. The van der Waals surface area contributed by atoms with Crippen LogP contribution in [0.15, 0.2) is 23.1 Å². The van der Waals surface area contributed by atoms with Gasteiger partial charge in [0.2, 0.25) is 0 Å². The number of pyridine rings is 1. The molecule has 0 unspecified atom stereocenters. The van der Waals surface area contributed by atoms with Gasteiger partial charge in [0.15, 0.2) is 0 Å². The lowest BCUT2D eigenvalue weighted by molar-refractivity contribution is 0.0739. The Balaban J connectivity index is 2.36. The molecule has 2 atom stereocenters. The summed E-state index contributed by atoms with van der Waals surface area (Å²) in [6, 6.07) is 3.89. The molecule has 0 amide bonds. The molecule has 1 N–H and O–H groups in total. The average Bonchev–Trinajstić information content (AvgIpc) is 2.77. The van der Waals surface area contributed by atoms with Crippen LogP contribution < -0.4 is 10.9 Å². The zero-order valence-corrected chi connectivity index (χ0v) is 9.77. The molecule has 1 aromatic rings. The number of ether oxygens (including phenoxy) is 1. The molecule has 0 radical (unpaired) electrons. The van der Waals surface area contributed by atoms with Gasteiger partial charge in [0.25, 0.3) is 5.56 Å². The monoisotopic (exact) mass is 222 g/mol. The van der Waals surface area contributed by atoms with E-state index in [0.717, 1.165) is 19.3 Å². The minimum Gasteiger partial charge on any atom is -0.384 e. The van der Waals surface area contributed by atoms with Gasteiger partial charge < -0.3 is 14.6 Å². The predicted octanol–water partition coefficient (Wildman–Crippen LogP) is 1.63. The summed E-state index contributed by atoms with van der Waals surface area (Å²) >= 11 is 0. The highest BCUT2D eigenvalue weighted by atomic mass is 16.5. The second kappa shape index (κ2) is 4.70. The molecular formula is C12H18N2O2. The van der Waals surface area contributed by atoms with E-state index in [1.165, 1.54) is 0 Å². The molecule has 0 saturated heterocycles. The Bertz CT molecular complexity index is 414. The van der Waals surface area contributed by atoms with Crippen molar-refractivity contribution >= 4 is 5.69 Å². The summed E-state index contributed by atoms with van der Waals surface area (Å²) < 4.78 is 7.23. The van der Waals surface area contributed by atoms with Crippen LogP contribution in [0.2, 0.25) is 0 Å². The first-order valence-corrected chi connectivity index (χ1v) is 5.69. The molecule has 1 heterocycles. The lowest BCUT2D eigenvalue weighted by Gasteiger charge is -2.21. The van der Waals surface area contributed by atoms with Crippen LogP contribution in [0.4, 0.5) is 5.69 Å². The van der Waals surface area contributed by atoms with Crippen molar-refractivity contribution in [1.82, 2.24) is 4.57 Å². The Morgan fingerprint density at radius 3 is 3.00 bits per heavy atom. The van der Waals surface area contributed by atoms with Gasteiger partial charge in [-0.3, -0.25) is 4.79 Å². The van der Waals surface area contributed by atoms with Crippen LogP contribution in [0, 0.1) is 0 Å². The number of hydrogen-bond donors (Lipinski definition) is 1. The van der Waals surface area contributed by atoms with Crippen molar-refractivity contribution in [3.63, 3.8) is 0 Å². The third-order valence-electron chi connectivity index (χ3n) is 3.32. The van der Waals surface area contributed by atoms with E-state index in [0.29, 0.717) is 5.69 Å². The molecule has 4 heteroatoms. The fourth-order valence-corrected chi connectivity index (χ4v) is 2.46. The molecular weight excluding hydrogens is 204 g/mol. The molecule has 4 nitrogen and oxygen atoms in total. The lowest BCUT2D eigenvalue weighted by Crippen LogP contribution is -2.30. The molecule has 0 aliphatic heterocycles. The van der Waals surface area contributed by atoms with Crippen LogP contribution in [0.1, 0.15) is 25.3 Å². The quantitative estimate of drug-likeness (QED) is 0.845. The summed E-state index contributed by atoms with van der Waals surface area (Å²) in [5, 5.41) is 2.92. The topological polar surface area (TPSA) is 43.3 Å². The third kappa shape index (κ3) is 1.85. The summed E-state index contributed by atoms with van der Waals surface area (Å²) in [5.41, 5.74) is 0.684. The first kappa shape index (κ1) is 11.2. The second-order valence-electron chi connectivity index (χ2n) is 4.16. The van der Waals surface area contributed by atoms with Crippen molar-refractivity contribution in [3.05, 3.63) is 28.7 Å². The fourth-order valence-electron chi connectivity index (χ4n) is 2.46. The van der Waals surface area contributed by atoms with Gasteiger partial charge in [0.05, 0.1) is 12.1 Å². The first-order valence-electron chi connectivity index (χ1n) is 5.69. The zero-order valence-electron chi connectivity index (χ0n) is 9.77. The average molecular weight is 222 g/mol. The van der Waals surface area contributed by atoms with Crippen molar-refractivity contribution in [2.75, 3.05) is 19.5 Å². The van der Waals surface area contributed by atoms with E-state index in [1.54, 1.807) is 24.8 Å². The van der Waals surface area contributed by atoms with Crippen molar-refractivity contribution in [1.29, 1.82) is 0 Å². The highest BCUT2D eigenvalue weighted by molar-refractivity contribution is 5.39. The molecule has 16 heavy (non-hydrogen) atoms. The van der Waals surface area contributed by atoms with Gasteiger partial charge in [-0.1, -0.05) is 0 Å². The van der Waals surface area contributed by atoms with Gasteiger partial charge in [-0.15, -0.1) is 0 Å². The van der Waals surface area contributed by atoms with Crippen LogP contribution in [0.3, 0.4) is 0 Å². The van der Waals surface area contributed by atoms with Crippen molar-refractivity contribution in [2.45, 2.75) is 31.4 Å². The summed E-state index contributed by atoms with van der Waals surface area (Å²) in [5.74, 6) is 0. The SMILES string of the molecule is CNc1cccn([C@@H]2CCC[C@H]2OC)c1=O. The van der Waals surface area contributed by atoms with Crippen LogP contribution >= 0.6 is 0 Å². The van der Waals surface area contributed by atoms with Gasteiger partial charge in [0.1, 0.15) is 5.69 Å². The lowest BCUT2D eigenvalue weighted by atomic mass is 10.2. The molecule has 1 aromatic heterocycles. The predicted molar refractivity (Wildman–Crippen MR) is 63.9 cm³/mol. The van der Waals surface area contributed by atoms with E-state index in [2.05, 4.69) is 5.32 Å². The van der Waals surface area contributed by atoms with Crippen LogP contribution in [0.5, 0.6) is 0 Å². The summed E-state index contributed by atoms with van der Waals surface area (Å²) in [6.07, 6.45) is 5.21. The molecule has 1 aliphatic carbocycles. The summed E-state index contributed by atoms with van der Waals surface area (Å²) in [4.78, 5) is 12.1. The molecule has 0 spiro atoms.